The smallest absolute Gasteiger partial charge is 0.243 e. The van der Waals surface area contributed by atoms with Gasteiger partial charge in [-0.05, 0) is 49.2 Å². The van der Waals surface area contributed by atoms with E-state index in [0.29, 0.717) is 29.5 Å². The van der Waals surface area contributed by atoms with Crippen molar-refractivity contribution in [2.75, 3.05) is 30.3 Å². The summed E-state index contributed by atoms with van der Waals surface area (Å²) in [6.45, 7) is 8.11. The second kappa shape index (κ2) is 9.41. The lowest BCUT2D eigenvalue weighted by Gasteiger charge is -2.19. The van der Waals surface area contributed by atoms with Gasteiger partial charge in [-0.2, -0.15) is 4.31 Å². The standard InChI is InChI=1S/C20H26ClN3O3S/c1-5-24(6-2)28(26,27)16-9-8-15(4)19(12-16)23-20(25)13-22-18-10-7-14(3)11-17(18)21/h7-12,22H,5-6,13H2,1-4H3,(H,23,25). The summed E-state index contributed by atoms with van der Waals surface area (Å²) in [5, 5.41) is 6.30. The molecule has 0 saturated heterocycles. The molecule has 0 aliphatic carbocycles. The van der Waals surface area contributed by atoms with Crippen LogP contribution in [0.15, 0.2) is 41.3 Å². The van der Waals surface area contributed by atoms with Gasteiger partial charge in [0.1, 0.15) is 0 Å². The van der Waals surface area contributed by atoms with Gasteiger partial charge in [0, 0.05) is 18.8 Å². The summed E-state index contributed by atoms with van der Waals surface area (Å²) in [7, 11) is -3.59. The number of amides is 1. The SMILES string of the molecule is CCN(CC)S(=O)(=O)c1ccc(C)c(NC(=O)CNc2ccc(C)cc2Cl)c1. The molecule has 0 spiro atoms. The molecular formula is C20H26ClN3O3S. The third kappa shape index (κ3) is 5.25. The Morgan fingerprint density at radius 2 is 1.71 bits per heavy atom. The highest BCUT2D eigenvalue weighted by Gasteiger charge is 2.22. The van der Waals surface area contributed by atoms with Crippen molar-refractivity contribution in [1.82, 2.24) is 4.31 Å². The van der Waals surface area contributed by atoms with Crippen LogP contribution in [-0.2, 0) is 14.8 Å². The third-order valence-electron chi connectivity index (χ3n) is 4.39. The second-order valence-corrected chi connectivity index (χ2v) is 8.80. The topological polar surface area (TPSA) is 78.5 Å². The molecule has 0 atom stereocenters. The van der Waals surface area contributed by atoms with E-state index in [1.165, 1.54) is 10.4 Å². The lowest BCUT2D eigenvalue weighted by molar-refractivity contribution is -0.114. The Labute approximate surface area is 171 Å². The molecule has 0 aromatic heterocycles. The molecular weight excluding hydrogens is 398 g/mol. The normalized spacial score (nSPS) is 11.5. The minimum atomic E-state index is -3.59. The summed E-state index contributed by atoms with van der Waals surface area (Å²) in [5.41, 5.74) is 2.94. The van der Waals surface area contributed by atoms with Gasteiger partial charge < -0.3 is 10.6 Å². The average Bonchev–Trinajstić information content (AvgIpc) is 2.63. The van der Waals surface area contributed by atoms with Gasteiger partial charge in [-0.25, -0.2) is 8.42 Å². The quantitative estimate of drug-likeness (QED) is 0.671. The molecule has 152 valence electrons. The van der Waals surface area contributed by atoms with Crippen LogP contribution in [0.2, 0.25) is 5.02 Å². The van der Waals surface area contributed by atoms with Gasteiger partial charge in [0.15, 0.2) is 0 Å². The van der Waals surface area contributed by atoms with Gasteiger partial charge in [-0.15, -0.1) is 0 Å². The van der Waals surface area contributed by atoms with Crippen LogP contribution in [0.4, 0.5) is 11.4 Å². The highest BCUT2D eigenvalue weighted by atomic mass is 35.5. The average molecular weight is 424 g/mol. The largest absolute Gasteiger partial charge is 0.375 e. The first-order valence-electron chi connectivity index (χ1n) is 9.09. The van der Waals surface area contributed by atoms with Crippen LogP contribution in [-0.4, -0.2) is 38.3 Å². The Kier molecular flexibility index (Phi) is 7.46. The Morgan fingerprint density at radius 3 is 2.32 bits per heavy atom. The van der Waals surface area contributed by atoms with Crippen LogP contribution < -0.4 is 10.6 Å². The number of sulfonamides is 1. The molecule has 28 heavy (non-hydrogen) atoms. The minimum absolute atomic E-state index is 0.00917. The van der Waals surface area contributed by atoms with E-state index in [2.05, 4.69) is 10.6 Å². The fourth-order valence-corrected chi connectivity index (χ4v) is 4.53. The summed E-state index contributed by atoms with van der Waals surface area (Å²) in [5.74, 6) is -0.294. The predicted octanol–water partition coefficient (Wildman–Crippen LogP) is 4.04. The first-order valence-corrected chi connectivity index (χ1v) is 10.9. The zero-order valence-corrected chi connectivity index (χ0v) is 18.1. The van der Waals surface area contributed by atoms with Gasteiger partial charge in [0.05, 0.1) is 22.2 Å². The number of rotatable bonds is 8. The van der Waals surface area contributed by atoms with Crippen LogP contribution in [0, 0.1) is 13.8 Å². The monoisotopic (exact) mass is 423 g/mol. The molecule has 0 bridgehead atoms. The lowest BCUT2D eigenvalue weighted by atomic mass is 10.2. The molecule has 0 saturated carbocycles. The van der Waals surface area contributed by atoms with E-state index in [1.807, 2.05) is 32.0 Å². The molecule has 0 aliphatic rings. The van der Waals surface area contributed by atoms with Crippen molar-refractivity contribution in [1.29, 1.82) is 0 Å². The van der Waals surface area contributed by atoms with Crippen molar-refractivity contribution in [2.45, 2.75) is 32.6 Å². The van der Waals surface area contributed by atoms with Crippen LogP contribution in [0.1, 0.15) is 25.0 Å². The highest BCUT2D eigenvalue weighted by Crippen LogP contribution is 2.24. The van der Waals surface area contributed by atoms with Crippen molar-refractivity contribution in [3.8, 4) is 0 Å². The van der Waals surface area contributed by atoms with Gasteiger partial charge in [-0.1, -0.05) is 37.6 Å². The minimum Gasteiger partial charge on any atom is -0.375 e. The molecule has 0 aliphatic heterocycles. The van der Waals surface area contributed by atoms with E-state index in [4.69, 9.17) is 11.6 Å². The molecule has 0 heterocycles. The molecule has 2 aromatic carbocycles. The lowest BCUT2D eigenvalue weighted by Crippen LogP contribution is -2.30. The molecule has 2 N–H and O–H groups in total. The van der Waals surface area contributed by atoms with E-state index in [1.54, 1.807) is 26.0 Å². The number of anilines is 2. The molecule has 8 heteroatoms. The molecule has 0 unspecified atom stereocenters. The van der Waals surface area contributed by atoms with Crippen LogP contribution in [0.3, 0.4) is 0 Å². The summed E-state index contributed by atoms with van der Waals surface area (Å²) >= 11 is 6.16. The van der Waals surface area contributed by atoms with Gasteiger partial charge in [0.25, 0.3) is 0 Å². The summed E-state index contributed by atoms with van der Waals surface area (Å²) < 4.78 is 26.8. The third-order valence-corrected chi connectivity index (χ3v) is 6.75. The number of carbonyl (C=O) groups is 1. The maximum atomic E-state index is 12.7. The zero-order valence-electron chi connectivity index (χ0n) is 16.5. The van der Waals surface area contributed by atoms with E-state index < -0.39 is 10.0 Å². The van der Waals surface area contributed by atoms with Crippen molar-refractivity contribution >= 4 is 38.9 Å². The van der Waals surface area contributed by atoms with Crippen LogP contribution >= 0.6 is 11.6 Å². The maximum absolute atomic E-state index is 12.7. The molecule has 0 radical (unpaired) electrons. The van der Waals surface area contributed by atoms with E-state index in [-0.39, 0.29) is 17.3 Å². The highest BCUT2D eigenvalue weighted by molar-refractivity contribution is 7.89. The number of halogens is 1. The van der Waals surface area contributed by atoms with Crippen molar-refractivity contribution in [2.24, 2.45) is 0 Å². The van der Waals surface area contributed by atoms with E-state index >= 15 is 0 Å². The predicted molar refractivity (Wildman–Crippen MR) is 115 cm³/mol. The molecule has 6 nitrogen and oxygen atoms in total. The zero-order chi connectivity index (χ0) is 20.9. The van der Waals surface area contributed by atoms with E-state index in [0.717, 1.165) is 11.1 Å². The summed E-state index contributed by atoms with van der Waals surface area (Å²) in [6.07, 6.45) is 0. The Balaban J connectivity index is 2.14. The van der Waals surface area contributed by atoms with Crippen LogP contribution in [0.5, 0.6) is 0 Å². The Bertz CT molecular complexity index is 957. The Morgan fingerprint density at radius 1 is 1.04 bits per heavy atom. The van der Waals surface area contributed by atoms with Gasteiger partial charge in [0.2, 0.25) is 15.9 Å². The maximum Gasteiger partial charge on any atom is 0.243 e. The number of hydrogen-bond acceptors (Lipinski definition) is 4. The molecule has 2 rings (SSSR count). The number of nitrogens with one attached hydrogen (secondary N) is 2. The summed E-state index contributed by atoms with van der Waals surface area (Å²) in [6, 6.07) is 10.3. The van der Waals surface area contributed by atoms with Crippen molar-refractivity contribution in [3.63, 3.8) is 0 Å². The van der Waals surface area contributed by atoms with E-state index in [9.17, 15) is 13.2 Å². The number of aryl methyl sites for hydroxylation is 2. The Hall–Kier alpha value is -2.09. The van der Waals surface area contributed by atoms with Gasteiger partial charge >= 0.3 is 0 Å². The first kappa shape index (κ1) is 22.2. The van der Waals surface area contributed by atoms with Crippen molar-refractivity contribution in [3.05, 3.63) is 52.5 Å². The fourth-order valence-electron chi connectivity index (χ4n) is 2.74. The summed E-state index contributed by atoms with van der Waals surface area (Å²) in [4.78, 5) is 12.5. The van der Waals surface area contributed by atoms with Gasteiger partial charge in [-0.3, -0.25) is 4.79 Å². The van der Waals surface area contributed by atoms with Crippen molar-refractivity contribution < 1.29 is 13.2 Å². The second-order valence-electron chi connectivity index (χ2n) is 6.45. The number of benzene rings is 2. The number of hydrogen-bond donors (Lipinski definition) is 2. The molecule has 2 aromatic rings. The number of nitrogens with zero attached hydrogens (tertiary/aromatic N) is 1. The first-order chi connectivity index (χ1) is 13.2. The molecule has 1 amide bonds. The van der Waals surface area contributed by atoms with Crippen LogP contribution in [0.25, 0.3) is 0 Å². The number of carbonyl (C=O) groups excluding carboxylic acids is 1. The molecule has 0 fully saturated rings. The fraction of sp³-hybridized carbons (Fsp3) is 0.350.